The van der Waals surface area contributed by atoms with Crippen LogP contribution in [0.2, 0.25) is 6.32 Å². The number of benzene rings is 3. The maximum absolute atomic E-state index is 5.64. The van der Waals surface area contributed by atoms with Crippen LogP contribution in [0.5, 0.6) is 0 Å². The van der Waals surface area contributed by atoms with Crippen LogP contribution in [0.1, 0.15) is 71.1 Å². The first-order valence-electron chi connectivity index (χ1n) is 15.2. The van der Waals surface area contributed by atoms with Gasteiger partial charge in [0, 0.05) is 24.5 Å². The highest BCUT2D eigenvalue weighted by Gasteiger charge is 2.16. The van der Waals surface area contributed by atoms with E-state index in [1.807, 2.05) is 24.4 Å². The predicted octanol–water partition coefficient (Wildman–Crippen LogP) is 9.52. The van der Waals surface area contributed by atoms with Gasteiger partial charge in [-0.05, 0) is 18.3 Å². The maximum Gasteiger partial charge on any atom is 0.213 e. The van der Waals surface area contributed by atoms with Crippen molar-refractivity contribution < 1.29 is 0 Å². The van der Waals surface area contributed by atoms with Crippen LogP contribution in [0.25, 0.3) is 11.4 Å². The van der Waals surface area contributed by atoms with E-state index in [4.69, 9.17) is 11.6 Å². The van der Waals surface area contributed by atoms with E-state index in [0.29, 0.717) is 6.71 Å². The summed E-state index contributed by atoms with van der Waals surface area (Å²) in [5.74, 6) is 1.10. The predicted molar refractivity (Wildman–Crippen MR) is 177 cm³/mol. The third kappa shape index (κ3) is 11.6. The van der Waals surface area contributed by atoms with Crippen molar-refractivity contribution in [3.05, 3.63) is 115 Å². The number of aryl methyl sites for hydroxylation is 1. The summed E-state index contributed by atoms with van der Waals surface area (Å²) in [5.41, 5.74) is 5.46. The van der Waals surface area contributed by atoms with Gasteiger partial charge in [-0.25, -0.2) is 4.98 Å². The zero-order valence-corrected chi connectivity index (χ0v) is 25.1. The molecule has 0 spiro atoms. The fraction of sp³-hybridized carbons (Fsp3) is 0.361. The third-order valence-corrected chi connectivity index (χ3v) is 7.54. The lowest BCUT2D eigenvalue weighted by molar-refractivity contribution is 0.536. The molecule has 0 saturated heterocycles. The average Bonchev–Trinajstić information content (AvgIpc) is 3.49. The summed E-state index contributed by atoms with van der Waals surface area (Å²) in [6, 6.07) is 31.6. The Balaban J connectivity index is 0.000000230. The monoisotopic (exact) mass is 552 g/mol. The van der Waals surface area contributed by atoms with Gasteiger partial charge in [0.25, 0.3) is 0 Å². The number of hydrogen-bond acceptors (Lipinski definition) is 1. The minimum absolute atomic E-state index is 0.382. The van der Waals surface area contributed by atoms with Gasteiger partial charge in [0.1, 0.15) is 5.82 Å². The molecule has 0 aliphatic carbocycles. The summed E-state index contributed by atoms with van der Waals surface area (Å²) in [6.45, 7) is 3.75. The standard InChI is InChI=1S/C21H32N2.C15H14BCl/c1-2-3-4-5-6-7-8-9-10-14-18-23-19-17-22-21(23)20-15-12-11-13-16-20;17-13-7-12-16(14-8-3-1-4-9-14)15-10-5-2-6-11-15/h11-13,15-17,19H,2-10,14,18H2,1H3;1-11,13H,12H2. The van der Waals surface area contributed by atoms with E-state index in [2.05, 4.69) is 102 Å². The molecule has 0 atom stereocenters. The lowest BCUT2D eigenvalue weighted by Crippen LogP contribution is -2.41. The van der Waals surface area contributed by atoms with Gasteiger partial charge in [-0.2, -0.15) is 0 Å². The lowest BCUT2D eigenvalue weighted by atomic mass is 9.39. The van der Waals surface area contributed by atoms with E-state index in [-0.39, 0.29) is 0 Å². The quantitative estimate of drug-likeness (QED) is 0.0999. The molecule has 2 nitrogen and oxygen atoms in total. The van der Waals surface area contributed by atoms with Crippen molar-refractivity contribution in [1.82, 2.24) is 9.55 Å². The second-order valence-electron chi connectivity index (χ2n) is 10.5. The molecule has 0 saturated carbocycles. The van der Waals surface area contributed by atoms with Gasteiger partial charge < -0.3 is 4.57 Å². The van der Waals surface area contributed by atoms with Crippen LogP contribution in [0, 0.1) is 0 Å². The fourth-order valence-corrected chi connectivity index (χ4v) is 5.23. The van der Waals surface area contributed by atoms with Crippen molar-refractivity contribution in [2.24, 2.45) is 0 Å². The molecule has 0 bridgehead atoms. The first kappa shape index (κ1) is 31.5. The SMILES string of the molecule is CCCCCCCCCCCCn1ccnc1-c1ccccc1.ClC=CCB(c1ccccc1)c1ccccc1. The Kier molecular flexibility index (Phi) is 15.7. The topological polar surface area (TPSA) is 17.8 Å². The second-order valence-corrected chi connectivity index (χ2v) is 10.7. The van der Waals surface area contributed by atoms with Gasteiger partial charge in [-0.15, -0.1) is 0 Å². The van der Waals surface area contributed by atoms with E-state index in [0.717, 1.165) is 18.7 Å². The molecule has 0 amide bonds. The smallest absolute Gasteiger partial charge is 0.213 e. The van der Waals surface area contributed by atoms with Crippen LogP contribution in [-0.4, -0.2) is 16.3 Å². The molecular weight excluding hydrogens is 507 g/mol. The molecule has 0 aliphatic rings. The summed E-state index contributed by atoms with van der Waals surface area (Å²) < 4.78 is 2.29. The van der Waals surface area contributed by atoms with E-state index in [9.17, 15) is 0 Å². The number of aromatic nitrogens is 2. The van der Waals surface area contributed by atoms with Crippen LogP contribution < -0.4 is 10.9 Å². The molecule has 0 fully saturated rings. The number of nitrogens with zero attached hydrogens (tertiary/aromatic N) is 2. The molecule has 4 aromatic rings. The number of hydrogen-bond donors (Lipinski definition) is 0. The van der Waals surface area contributed by atoms with Crippen LogP contribution in [0.15, 0.2) is 115 Å². The van der Waals surface area contributed by atoms with Crippen molar-refractivity contribution in [3.63, 3.8) is 0 Å². The van der Waals surface area contributed by atoms with Crippen molar-refractivity contribution in [2.45, 2.75) is 84.0 Å². The molecule has 0 unspecified atom stereocenters. The summed E-state index contributed by atoms with van der Waals surface area (Å²) in [4.78, 5) is 4.51. The molecule has 4 rings (SSSR count). The average molecular weight is 553 g/mol. The van der Waals surface area contributed by atoms with Gasteiger partial charge in [-0.1, -0.05) is 184 Å². The molecule has 4 heteroatoms. The molecule has 210 valence electrons. The number of allylic oxidation sites excluding steroid dienone is 1. The van der Waals surface area contributed by atoms with Gasteiger partial charge in [0.2, 0.25) is 6.71 Å². The van der Waals surface area contributed by atoms with E-state index >= 15 is 0 Å². The first-order valence-corrected chi connectivity index (χ1v) is 15.7. The van der Waals surface area contributed by atoms with Crippen molar-refractivity contribution in [3.8, 4) is 11.4 Å². The van der Waals surface area contributed by atoms with E-state index < -0.39 is 0 Å². The molecule has 3 aromatic carbocycles. The largest absolute Gasteiger partial charge is 0.331 e. The van der Waals surface area contributed by atoms with Crippen molar-refractivity contribution in [2.75, 3.05) is 0 Å². The number of imidazole rings is 1. The van der Waals surface area contributed by atoms with E-state index in [1.54, 1.807) is 5.54 Å². The third-order valence-electron chi connectivity index (χ3n) is 7.36. The zero-order valence-electron chi connectivity index (χ0n) is 24.3. The Hall–Kier alpha value is -3.04. The van der Waals surface area contributed by atoms with Crippen LogP contribution >= 0.6 is 11.6 Å². The Morgan fingerprint density at radius 3 is 1.70 bits per heavy atom. The van der Waals surface area contributed by atoms with Crippen molar-refractivity contribution >= 4 is 29.2 Å². The summed E-state index contributed by atoms with van der Waals surface area (Å²) >= 11 is 5.64. The number of halogens is 1. The molecule has 40 heavy (non-hydrogen) atoms. The van der Waals surface area contributed by atoms with Gasteiger partial charge in [0.15, 0.2) is 0 Å². The minimum Gasteiger partial charge on any atom is -0.331 e. The second kappa shape index (κ2) is 19.9. The van der Waals surface area contributed by atoms with E-state index in [1.165, 1.54) is 80.7 Å². The summed E-state index contributed by atoms with van der Waals surface area (Å²) in [7, 11) is 0. The van der Waals surface area contributed by atoms with Crippen LogP contribution in [-0.2, 0) is 6.54 Å². The lowest BCUT2D eigenvalue weighted by Gasteiger charge is -2.12. The molecular formula is C36H46BClN2. The molecule has 0 radical (unpaired) electrons. The Morgan fingerprint density at radius 1 is 0.675 bits per heavy atom. The van der Waals surface area contributed by atoms with Crippen molar-refractivity contribution in [1.29, 1.82) is 0 Å². The highest BCUT2D eigenvalue weighted by molar-refractivity contribution is 6.85. The maximum atomic E-state index is 5.64. The Labute approximate surface area is 248 Å². The fourth-order valence-electron chi connectivity index (χ4n) is 5.13. The van der Waals surface area contributed by atoms with Gasteiger partial charge >= 0.3 is 0 Å². The highest BCUT2D eigenvalue weighted by atomic mass is 35.5. The van der Waals surface area contributed by atoms with Crippen LogP contribution in [0.3, 0.4) is 0 Å². The highest BCUT2D eigenvalue weighted by Crippen LogP contribution is 2.18. The summed E-state index contributed by atoms with van der Waals surface area (Å²) in [5, 5.41) is 0. The normalized spacial score (nSPS) is 10.8. The molecule has 1 heterocycles. The van der Waals surface area contributed by atoms with Gasteiger partial charge in [-0.3, -0.25) is 0 Å². The number of unbranched alkanes of at least 4 members (excludes halogenated alkanes) is 9. The first-order chi connectivity index (χ1) is 19.8. The molecule has 1 aromatic heterocycles. The molecule has 0 aliphatic heterocycles. The minimum atomic E-state index is 0.382. The van der Waals surface area contributed by atoms with Gasteiger partial charge in [0.05, 0.1) is 0 Å². The zero-order chi connectivity index (χ0) is 28.1. The molecule has 0 N–H and O–H groups in total. The summed E-state index contributed by atoms with van der Waals surface area (Å²) in [6.07, 6.45) is 20.8. The van der Waals surface area contributed by atoms with Crippen LogP contribution in [0.4, 0.5) is 0 Å². The number of rotatable bonds is 16. The Bertz CT molecular complexity index is 1140. The Morgan fingerprint density at radius 2 is 1.18 bits per heavy atom.